The number of hydrogen-bond donors (Lipinski definition) is 2. The predicted octanol–water partition coefficient (Wildman–Crippen LogP) is 2.97. The number of benzene rings is 2. The van der Waals surface area contributed by atoms with Gasteiger partial charge in [0.05, 0.1) is 25.7 Å². The van der Waals surface area contributed by atoms with Crippen molar-refractivity contribution < 1.29 is 27.1 Å². The van der Waals surface area contributed by atoms with E-state index in [1.165, 1.54) is 0 Å². The zero-order valence-corrected chi connectivity index (χ0v) is 20.7. The molecule has 0 radical (unpaired) electrons. The molecule has 2 N–H and O–H groups in total. The number of thioether (sulfide) groups is 1. The Balaban J connectivity index is 1.46. The molecule has 3 rings (SSSR count). The van der Waals surface area contributed by atoms with E-state index in [1.807, 2.05) is 18.2 Å². The average Bonchev–Trinajstić information content (AvgIpc) is 3.32. The van der Waals surface area contributed by atoms with Gasteiger partial charge in [-0.2, -0.15) is 0 Å². The molecular formula is C22H26N4O6S2. The SMILES string of the molecule is CCS(=O)(=O)Nc1ccc(-c2nnc(SCC(=O)NCCc3ccc(OC)c(OC)c3)o2)cc1. The van der Waals surface area contributed by atoms with Crippen molar-refractivity contribution in [1.82, 2.24) is 15.5 Å². The number of ether oxygens (including phenoxy) is 2. The van der Waals surface area contributed by atoms with Crippen LogP contribution in [-0.2, 0) is 21.2 Å². The third-order valence-corrected chi connectivity index (χ3v) is 6.83. The van der Waals surface area contributed by atoms with Gasteiger partial charge in [-0.05, 0) is 55.3 Å². The van der Waals surface area contributed by atoms with Gasteiger partial charge in [-0.25, -0.2) is 8.42 Å². The Morgan fingerprint density at radius 3 is 2.47 bits per heavy atom. The van der Waals surface area contributed by atoms with E-state index in [2.05, 4.69) is 20.2 Å². The first-order valence-corrected chi connectivity index (χ1v) is 13.0. The smallest absolute Gasteiger partial charge is 0.277 e. The summed E-state index contributed by atoms with van der Waals surface area (Å²) >= 11 is 1.13. The van der Waals surface area contributed by atoms with Crippen molar-refractivity contribution in [1.29, 1.82) is 0 Å². The number of nitrogens with zero attached hydrogens (tertiary/aromatic N) is 2. The molecule has 182 valence electrons. The van der Waals surface area contributed by atoms with E-state index in [4.69, 9.17) is 13.9 Å². The lowest BCUT2D eigenvalue weighted by Crippen LogP contribution is -2.27. The van der Waals surface area contributed by atoms with Crippen LogP contribution in [0.25, 0.3) is 11.5 Å². The van der Waals surface area contributed by atoms with E-state index < -0.39 is 10.0 Å². The van der Waals surface area contributed by atoms with Crippen molar-refractivity contribution in [3.63, 3.8) is 0 Å². The Morgan fingerprint density at radius 2 is 1.79 bits per heavy atom. The predicted molar refractivity (Wildman–Crippen MR) is 130 cm³/mol. The van der Waals surface area contributed by atoms with E-state index in [0.717, 1.165) is 17.3 Å². The zero-order chi connectivity index (χ0) is 24.6. The van der Waals surface area contributed by atoms with Crippen LogP contribution in [0, 0.1) is 0 Å². The lowest BCUT2D eigenvalue weighted by atomic mass is 10.1. The average molecular weight is 507 g/mol. The molecule has 1 amide bonds. The third kappa shape index (κ3) is 7.12. The number of amides is 1. The molecule has 0 bridgehead atoms. The standard InChI is InChI=1S/C22H26N4O6S2/c1-4-34(28,29)26-17-8-6-16(7-9-17)21-24-25-22(32-21)33-14-20(27)23-12-11-15-5-10-18(30-2)19(13-15)31-3/h5-10,13,26H,4,11-12,14H2,1-3H3,(H,23,27). The zero-order valence-electron chi connectivity index (χ0n) is 19.0. The van der Waals surface area contributed by atoms with Gasteiger partial charge in [0.2, 0.25) is 21.8 Å². The Kier molecular flexibility index (Phi) is 8.77. The number of hydrogen-bond acceptors (Lipinski definition) is 9. The number of methoxy groups -OCH3 is 2. The van der Waals surface area contributed by atoms with Crippen LogP contribution in [0.2, 0.25) is 0 Å². The second-order valence-electron chi connectivity index (χ2n) is 7.03. The number of anilines is 1. The first kappa shape index (κ1) is 25.4. The molecular weight excluding hydrogens is 480 g/mol. The van der Waals surface area contributed by atoms with E-state index in [1.54, 1.807) is 45.4 Å². The topological polar surface area (TPSA) is 133 Å². The molecule has 0 atom stereocenters. The maximum Gasteiger partial charge on any atom is 0.277 e. The Hall–Kier alpha value is -3.25. The highest BCUT2D eigenvalue weighted by atomic mass is 32.2. The van der Waals surface area contributed by atoms with Crippen molar-refractivity contribution in [3.8, 4) is 23.0 Å². The highest BCUT2D eigenvalue weighted by molar-refractivity contribution is 7.99. The van der Waals surface area contributed by atoms with Gasteiger partial charge in [0.1, 0.15) is 0 Å². The highest BCUT2D eigenvalue weighted by Crippen LogP contribution is 2.28. The largest absolute Gasteiger partial charge is 0.493 e. The summed E-state index contributed by atoms with van der Waals surface area (Å²) in [6.07, 6.45) is 0.645. The van der Waals surface area contributed by atoms with Gasteiger partial charge in [-0.15, -0.1) is 10.2 Å². The summed E-state index contributed by atoms with van der Waals surface area (Å²) in [6, 6.07) is 12.2. The summed E-state index contributed by atoms with van der Waals surface area (Å²) in [4.78, 5) is 12.2. The fourth-order valence-electron chi connectivity index (χ4n) is 2.88. The number of rotatable bonds is 12. The number of sulfonamides is 1. The van der Waals surface area contributed by atoms with Crippen molar-refractivity contribution in [2.75, 3.05) is 37.0 Å². The van der Waals surface area contributed by atoms with E-state index in [9.17, 15) is 13.2 Å². The molecule has 12 heteroatoms. The molecule has 0 saturated heterocycles. The van der Waals surface area contributed by atoms with Gasteiger partial charge in [0, 0.05) is 17.8 Å². The van der Waals surface area contributed by atoms with Crippen LogP contribution in [0.4, 0.5) is 5.69 Å². The minimum absolute atomic E-state index is 0.0111. The molecule has 1 aromatic heterocycles. The van der Waals surface area contributed by atoms with Gasteiger partial charge in [-0.3, -0.25) is 9.52 Å². The molecule has 34 heavy (non-hydrogen) atoms. The monoisotopic (exact) mass is 506 g/mol. The molecule has 3 aromatic rings. The van der Waals surface area contributed by atoms with Gasteiger partial charge in [0.25, 0.3) is 5.22 Å². The fraction of sp³-hybridized carbons (Fsp3) is 0.318. The van der Waals surface area contributed by atoms with E-state index in [-0.39, 0.29) is 28.5 Å². The van der Waals surface area contributed by atoms with Crippen LogP contribution in [0.15, 0.2) is 52.1 Å². The first-order valence-electron chi connectivity index (χ1n) is 10.4. The minimum Gasteiger partial charge on any atom is -0.493 e. The lowest BCUT2D eigenvalue weighted by molar-refractivity contribution is -0.118. The quantitative estimate of drug-likeness (QED) is 0.356. The van der Waals surface area contributed by atoms with Crippen LogP contribution in [0.3, 0.4) is 0 Å². The second-order valence-corrected chi connectivity index (χ2v) is 9.97. The summed E-state index contributed by atoms with van der Waals surface area (Å²) in [6.45, 7) is 2.03. The fourth-order valence-corrected chi connectivity index (χ4v) is 4.11. The molecule has 0 fully saturated rings. The third-order valence-electron chi connectivity index (χ3n) is 4.70. The van der Waals surface area contributed by atoms with Crippen LogP contribution in [0.1, 0.15) is 12.5 Å². The molecule has 0 aliphatic rings. The molecule has 10 nitrogen and oxygen atoms in total. The molecule has 2 aromatic carbocycles. The van der Waals surface area contributed by atoms with Gasteiger partial charge >= 0.3 is 0 Å². The van der Waals surface area contributed by atoms with Crippen molar-refractivity contribution in [2.24, 2.45) is 0 Å². The maximum absolute atomic E-state index is 12.2. The van der Waals surface area contributed by atoms with Crippen molar-refractivity contribution in [3.05, 3.63) is 48.0 Å². The van der Waals surface area contributed by atoms with Crippen molar-refractivity contribution in [2.45, 2.75) is 18.6 Å². The van der Waals surface area contributed by atoms with Gasteiger partial charge < -0.3 is 19.2 Å². The summed E-state index contributed by atoms with van der Waals surface area (Å²) in [5.41, 5.74) is 2.10. The number of carbonyl (C=O) groups excluding carboxylic acids is 1. The molecule has 0 aliphatic heterocycles. The minimum atomic E-state index is -3.34. The molecule has 0 aliphatic carbocycles. The van der Waals surface area contributed by atoms with Crippen LogP contribution in [-0.4, -0.2) is 56.8 Å². The van der Waals surface area contributed by atoms with E-state index >= 15 is 0 Å². The first-order chi connectivity index (χ1) is 16.3. The maximum atomic E-state index is 12.2. The normalized spacial score (nSPS) is 11.1. The van der Waals surface area contributed by atoms with E-state index in [0.29, 0.717) is 35.7 Å². The molecule has 0 unspecified atom stereocenters. The highest BCUT2D eigenvalue weighted by Gasteiger charge is 2.13. The number of carbonyl (C=O) groups is 1. The van der Waals surface area contributed by atoms with Gasteiger partial charge in [-0.1, -0.05) is 17.8 Å². The van der Waals surface area contributed by atoms with Crippen LogP contribution in [0.5, 0.6) is 11.5 Å². The molecule has 0 spiro atoms. The summed E-state index contributed by atoms with van der Waals surface area (Å²) in [7, 11) is -0.183. The summed E-state index contributed by atoms with van der Waals surface area (Å²) in [5, 5.41) is 11.1. The molecule has 0 saturated carbocycles. The lowest BCUT2D eigenvalue weighted by Gasteiger charge is -2.10. The number of nitrogens with one attached hydrogen (secondary N) is 2. The van der Waals surface area contributed by atoms with Gasteiger partial charge in [0.15, 0.2) is 11.5 Å². The van der Waals surface area contributed by atoms with Crippen molar-refractivity contribution >= 4 is 33.4 Å². The summed E-state index contributed by atoms with van der Waals surface area (Å²) < 4.78 is 41.9. The Labute approximate surface area is 202 Å². The Bertz CT molecular complexity index is 1210. The summed E-state index contributed by atoms with van der Waals surface area (Å²) in [5.74, 6) is 1.54. The second kappa shape index (κ2) is 11.7. The number of aromatic nitrogens is 2. The van der Waals surface area contributed by atoms with Crippen LogP contribution < -0.4 is 19.5 Å². The molecule has 1 heterocycles. The van der Waals surface area contributed by atoms with Crippen LogP contribution >= 0.6 is 11.8 Å². The Morgan fingerprint density at radius 1 is 1.06 bits per heavy atom.